The first-order chi connectivity index (χ1) is 5.36. The van der Waals surface area contributed by atoms with Crippen LogP contribution >= 0.6 is 0 Å². The van der Waals surface area contributed by atoms with Crippen molar-refractivity contribution < 1.29 is 0 Å². The molecule has 0 aliphatic carbocycles. The smallest absolute Gasteiger partial charge is 0.0340 e. The Balaban J connectivity index is -0.0000000807. The van der Waals surface area contributed by atoms with Crippen LogP contribution in [0.5, 0.6) is 0 Å². The van der Waals surface area contributed by atoms with Crippen molar-refractivity contribution in [3.8, 4) is 0 Å². The molecule has 0 unspecified atom stereocenters. The summed E-state index contributed by atoms with van der Waals surface area (Å²) in [6.07, 6.45) is 1.12. The van der Waals surface area contributed by atoms with E-state index in [-0.39, 0.29) is 37.1 Å². The van der Waals surface area contributed by atoms with Crippen LogP contribution < -0.4 is 5.32 Å². The summed E-state index contributed by atoms with van der Waals surface area (Å²) in [6, 6.07) is 8.58. The lowest BCUT2D eigenvalue weighted by Gasteiger charge is -2.02. The molecule has 0 saturated carbocycles. The average Bonchev–Trinajstić information content (AvgIpc) is 2.07. The predicted octanol–water partition coefficient (Wildman–Crippen LogP) is 5.86. The fourth-order valence-corrected chi connectivity index (χ4v) is 1.06. The van der Waals surface area contributed by atoms with Gasteiger partial charge in [-0.25, -0.2) is 0 Å². The van der Waals surface area contributed by atoms with Crippen LogP contribution in [0.3, 0.4) is 0 Å². The number of anilines is 1. The summed E-state index contributed by atoms with van der Waals surface area (Å²) >= 11 is 0. The summed E-state index contributed by atoms with van der Waals surface area (Å²) < 4.78 is 0. The summed E-state index contributed by atoms with van der Waals surface area (Å²) in [4.78, 5) is 0. The molecule has 0 saturated heterocycles. The molecule has 1 heteroatoms. The molecule has 1 rings (SSSR count). The largest absolute Gasteiger partial charge is 0.385 e. The maximum Gasteiger partial charge on any atom is 0.0340 e. The average molecular weight is 229 g/mol. The van der Waals surface area contributed by atoms with E-state index in [0.29, 0.717) is 0 Å². The van der Waals surface area contributed by atoms with Crippen LogP contribution in [0, 0.1) is 0 Å². The molecule has 0 bridgehead atoms. The second kappa shape index (κ2) is 16.4. The lowest BCUT2D eigenvalue weighted by molar-refractivity contribution is 1.13. The minimum Gasteiger partial charge on any atom is -0.385 e. The van der Waals surface area contributed by atoms with Crippen molar-refractivity contribution in [1.82, 2.24) is 0 Å². The van der Waals surface area contributed by atoms with E-state index in [1.165, 1.54) is 11.3 Å². The molecular formula is C15H35N. The highest BCUT2D eigenvalue weighted by atomic mass is 14.8. The zero-order valence-corrected chi connectivity index (χ0v) is 7.22. The summed E-state index contributed by atoms with van der Waals surface area (Å²) in [6.45, 7) is 5.27. The quantitative estimate of drug-likeness (QED) is 0.684. The molecule has 1 nitrogen and oxygen atoms in total. The summed E-state index contributed by atoms with van der Waals surface area (Å²) in [5.74, 6) is 0. The maximum absolute atomic E-state index is 3.26. The molecule has 100 valence electrons. The van der Waals surface area contributed by atoms with Gasteiger partial charge in [0, 0.05) is 12.2 Å². The van der Waals surface area contributed by atoms with E-state index in [0.717, 1.165) is 13.0 Å². The van der Waals surface area contributed by atoms with Gasteiger partial charge >= 0.3 is 0 Å². The van der Waals surface area contributed by atoms with Gasteiger partial charge in [0.25, 0.3) is 0 Å². The maximum atomic E-state index is 3.26. The van der Waals surface area contributed by atoms with Crippen molar-refractivity contribution in [1.29, 1.82) is 0 Å². The zero-order chi connectivity index (χ0) is 8.10. The van der Waals surface area contributed by atoms with E-state index in [4.69, 9.17) is 0 Å². The van der Waals surface area contributed by atoms with Crippen molar-refractivity contribution in [3.05, 3.63) is 29.8 Å². The molecule has 1 aromatic carbocycles. The molecule has 0 heterocycles. The molecule has 1 aromatic rings. The summed E-state index contributed by atoms with van der Waals surface area (Å²) in [7, 11) is 0. The number of nitrogens with one attached hydrogen (secondary N) is 1. The van der Waals surface area contributed by atoms with Crippen LogP contribution in [0.2, 0.25) is 0 Å². The molecule has 0 aromatic heterocycles. The van der Waals surface area contributed by atoms with Gasteiger partial charge in [-0.1, -0.05) is 56.2 Å². The van der Waals surface area contributed by atoms with Gasteiger partial charge in [0.15, 0.2) is 0 Å². The minimum atomic E-state index is 0. The standard InChI is InChI=1S/C10H15N.5CH4/c1-3-9-5-7-10(8-6-9)11-4-2;;;;;/h5-8,11H,3-4H2,1-2H3;5*1H4. The number of aryl methyl sites for hydroxylation is 1. The fourth-order valence-electron chi connectivity index (χ4n) is 1.06. The molecule has 1 N–H and O–H groups in total. The Labute approximate surface area is 105 Å². The van der Waals surface area contributed by atoms with Crippen LogP contribution in [-0.2, 0) is 6.42 Å². The van der Waals surface area contributed by atoms with E-state index < -0.39 is 0 Å². The molecule has 0 atom stereocenters. The normalized spacial score (nSPS) is 6.62. The van der Waals surface area contributed by atoms with Gasteiger partial charge in [0.05, 0.1) is 0 Å². The highest BCUT2D eigenvalue weighted by Crippen LogP contribution is 2.08. The highest BCUT2D eigenvalue weighted by molar-refractivity contribution is 5.44. The van der Waals surface area contributed by atoms with E-state index in [2.05, 4.69) is 43.4 Å². The van der Waals surface area contributed by atoms with Crippen LogP contribution in [0.15, 0.2) is 24.3 Å². The fraction of sp³-hybridized carbons (Fsp3) is 0.600. The Morgan fingerprint density at radius 3 is 1.56 bits per heavy atom. The first-order valence-electron chi connectivity index (χ1n) is 4.19. The Bertz CT molecular complexity index is 201. The molecule has 0 aliphatic rings. The number of hydrogen-bond donors (Lipinski definition) is 1. The van der Waals surface area contributed by atoms with E-state index >= 15 is 0 Å². The van der Waals surface area contributed by atoms with Gasteiger partial charge < -0.3 is 5.32 Å². The van der Waals surface area contributed by atoms with Crippen LogP contribution in [0.25, 0.3) is 0 Å². The minimum absolute atomic E-state index is 0. The van der Waals surface area contributed by atoms with E-state index in [9.17, 15) is 0 Å². The predicted molar refractivity (Wildman–Crippen MR) is 83.6 cm³/mol. The number of rotatable bonds is 3. The van der Waals surface area contributed by atoms with Crippen molar-refractivity contribution in [2.75, 3.05) is 11.9 Å². The topological polar surface area (TPSA) is 12.0 Å². The second-order valence-corrected chi connectivity index (χ2v) is 2.58. The third kappa shape index (κ3) is 9.57. The molecule has 0 spiro atoms. The first-order valence-corrected chi connectivity index (χ1v) is 4.19. The van der Waals surface area contributed by atoms with Crippen LogP contribution in [0.1, 0.15) is 56.5 Å². The van der Waals surface area contributed by atoms with Gasteiger partial charge in [0.2, 0.25) is 0 Å². The molecule has 16 heavy (non-hydrogen) atoms. The molecule has 0 aliphatic heterocycles. The third-order valence-electron chi connectivity index (χ3n) is 1.74. The zero-order valence-electron chi connectivity index (χ0n) is 7.22. The van der Waals surface area contributed by atoms with Crippen molar-refractivity contribution in [2.24, 2.45) is 0 Å². The van der Waals surface area contributed by atoms with E-state index in [1.807, 2.05) is 0 Å². The number of benzene rings is 1. The summed E-state index contributed by atoms with van der Waals surface area (Å²) in [5.41, 5.74) is 2.61. The second-order valence-electron chi connectivity index (χ2n) is 2.58. The molecule has 0 amide bonds. The van der Waals surface area contributed by atoms with E-state index in [1.54, 1.807) is 0 Å². The van der Waals surface area contributed by atoms with Crippen molar-refractivity contribution >= 4 is 5.69 Å². The lowest BCUT2D eigenvalue weighted by Crippen LogP contribution is -1.95. The summed E-state index contributed by atoms with van der Waals surface area (Å²) in [5, 5.41) is 3.26. The van der Waals surface area contributed by atoms with Gasteiger partial charge in [0.1, 0.15) is 0 Å². The highest BCUT2D eigenvalue weighted by Gasteiger charge is 1.89. The molecular weight excluding hydrogens is 194 g/mol. The van der Waals surface area contributed by atoms with Crippen molar-refractivity contribution in [3.63, 3.8) is 0 Å². The molecule has 0 fully saturated rings. The third-order valence-corrected chi connectivity index (χ3v) is 1.74. The Hall–Kier alpha value is -0.980. The van der Waals surface area contributed by atoms with Gasteiger partial charge in [-0.2, -0.15) is 0 Å². The number of hydrogen-bond acceptors (Lipinski definition) is 1. The van der Waals surface area contributed by atoms with Crippen LogP contribution in [0.4, 0.5) is 5.69 Å². The van der Waals surface area contributed by atoms with Gasteiger partial charge in [-0.15, -0.1) is 0 Å². The SMILES string of the molecule is C.C.C.C.C.CCNc1ccc(CC)cc1. The van der Waals surface area contributed by atoms with Crippen LogP contribution in [-0.4, -0.2) is 6.54 Å². The van der Waals surface area contributed by atoms with Gasteiger partial charge in [-0.3, -0.25) is 0 Å². The monoisotopic (exact) mass is 229 g/mol. The lowest BCUT2D eigenvalue weighted by atomic mass is 10.1. The molecule has 0 radical (unpaired) electrons. The first kappa shape index (κ1) is 29.4. The Kier molecular flexibility index (Phi) is 30.2. The van der Waals surface area contributed by atoms with Crippen molar-refractivity contribution in [2.45, 2.75) is 57.4 Å². The van der Waals surface area contributed by atoms with Gasteiger partial charge in [-0.05, 0) is 31.0 Å². The Morgan fingerprint density at radius 1 is 0.812 bits per heavy atom. The Morgan fingerprint density at radius 2 is 1.25 bits per heavy atom.